The van der Waals surface area contributed by atoms with Crippen LogP contribution in [0, 0.1) is 0 Å². The van der Waals surface area contributed by atoms with Crippen molar-refractivity contribution in [1.82, 2.24) is 10.3 Å². The van der Waals surface area contributed by atoms with E-state index in [9.17, 15) is 4.79 Å². The first-order valence-electron chi connectivity index (χ1n) is 9.10. The summed E-state index contributed by atoms with van der Waals surface area (Å²) in [4.78, 5) is 19.3. The van der Waals surface area contributed by atoms with E-state index in [4.69, 9.17) is 17.3 Å². The van der Waals surface area contributed by atoms with E-state index in [1.54, 1.807) is 30.6 Å². The fourth-order valence-electron chi connectivity index (χ4n) is 2.51. The molecule has 0 aliphatic rings. The molecular formula is C21H25ClN6O. The maximum absolute atomic E-state index is 10.9. The Hall–Kier alpha value is -3.32. The van der Waals surface area contributed by atoms with Gasteiger partial charge in [-0.2, -0.15) is 0 Å². The number of pyridine rings is 1. The zero-order valence-electron chi connectivity index (χ0n) is 16.3. The number of nitrogens with one attached hydrogen (secondary N) is 3. The second-order valence-electron chi connectivity index (χ2n) is 6.12. The second-order valence-corrected chi connectivity index (χ2v) is 6.55. The SMILES string of the molecule is C=CN=C(/C=C(\N)c1ccncc1NCCCNC(C)=O)Nc1cccc(Cl)c1. The van der Waals surface area contributed by atoms with Gasteiger partial charge in [-0.3, -0.25) is 9.78 Å². The number of amides is 1. The minimum atomic E-state index is -0.0412. The van der Waals surface area contributed by atoms with Gasteiger partial charge in [0.1, 0.15) is 5.84 Å². The summed E-state index contributed by atoms with van der Waals surface area (Å²) in [7, 11) is 0. The molecule has 1 heterocycles. The van der Waals surface area contributed by atoms with Gasteiger partial charge in [0.05, 0.1) is 11.9 Å². The van der Waals surface area contributed by atoms with Crippen LogP contribution in [0.3, 0.4) is 0 Å². The largest absolute Gasteiger partial charge is 0.398 e. The van der Waals surface area contributed by atoms with Gasteiger partial charge in [-0.25, -0.2) is 4.99 Å². The summed E-state index contributed by atoms with van der Waals surface area (Å²) in [6.45, 7) is 6.42. The zero-order chi connectivity index (χ0) is 21.1. The van der Waals surface area contributed by atoms with E-state index in [0.29, 0.717) is 29.6 Å². The van der Waals surface area contributed by atoms with E-state index in [2.05, 4.69) is 32.5 Å². The number of hydrogen-bond donors (Lipinski definition) is 4. The molecule has 1 amide bonds. The molecule has 29 heavy (non-hydrogen) atoms. The molecule has 0 fully saturated rings. The normalized spacial score (nSPS) is 11.7. The Kier molecular flexibility index (Phi) is 8.72. The average Bonchev–Trinajstić information content (AvgIpc) is 2.68. The molecular weight excluding hydrogens is 388 g/mol. The molecule has 0 unspecified atom stereocenters. The Labute approximate surface area is 175 Å². The number of rotatable bonds is 9. The number of aromatic nitrogens is 1. The van der Waals surface area contributed by atoms with Gasteiger partial charge in [-0.05, 0) is 30.7 Å². The van der Waals surface area contributed by atoms with Crippen LogP contribution in [0.5, 0.6) is 0 Å². The Morgan fingerprint density at radius 3 is 2.90 bits per heavy atom. The Bertz CT molecular complexity index is 910. The van der Waals surface area contributed by atoms with Crippen molar-refractivity contribution < 1.29 is 4.79 Å². The second kappa shape index (κ2) is 11.5. The third kappa shape index (κ3) is 7.67. The van der Waals surface area contributed by atoms with E-state index >= 15 is 0 Å². The number of anilines is 2. The van der Waals surface area contributed by atoms with E-state index in [1.807, 2.05) is 18.2 Å². The van der Waals surface area contributed by atoms with Crippen LogP contribution in [0.25, 0.3) is 5.70 Å². The highest BCUT2D eigenvalue weighted by Crippen LogP contribution is 2.20. The van der Waals surface area contributed by atoms with Gasteiger partial charge in [0.25, 0.3) is 0 Å². The summed E-state index contributed by atoms with van der Waals surface area (Å²) in [5.74, 6) is 0.480. The smallest absolute Gasteiger partial charge is 0.216 e. The van der Waals surface area contributed by atoms with Crippen molar-refractivity contribution in [2.45, 2.75) is 13.3 Å². The summed E-state index contributed by atoms with van der Waals surface area (Å²) in [5, 5.41) is 9.85. The van der Waals surface area contributed by atoms with Gasteiger partial charge in [-0.1, -0.05) is 24.2 Å². The lowest BCUT2D eigenvalue weighted by molar-refractivity contribution is -0.118. The van der Waals surface area contributed by atoms with Crippen LogP contribution in [-0.2, 0) is 4.79 Å². The fraction of sp³-hybridized carbons (Fsp3) is 0.190. The number of halogens is 1. The quantitative estimate of drug-likeness (QED) is 0.286. The summed E-state index contributed by atoms with van der Waals surface area (Å²) in [6.07, 6.45) is 7.32. The molecule has 1 aromatic heterocycles. The van der Waals surface area contributed by atoms with E-state index in [1.165, 1.54) is 13.1 Å². The molecule has 152 valence electrons. The van der Waals surface area contributed by atoms with Gasteiger partial charge in [0.2, 0.25) is 5.91 Å². The number of carbonyl (C=O) groups excluding carboxylic acids is 1. The number of benzene rings is 1. The summed E-state index contributed by atoms with van der Waals surface area (Å²) < 4.78 is 0. The standard InChI is InChI=1S/C21H25ClN6O/c1-3-25-21(28-17-7-4-6-16(22)12-17)13-19(23)18-8-11-24-14-20(18)27-10-5-9-26-15(2)29/h3-4,6-8,11-14,27H,1,5,9-10,23H2,2H3,(H,25,28)(H,26,29)/b19-13-. The van der Waals surface area contributed by atoms with E-state index in [0.717, 1.165) is 23.4 Å². The maximum atomic E-state index is 10.9. The highest BCUT2D eigenvalue weighted by atomic mass is 35.5. The summed E-state index contributed by atoms with van der Waals surface area (Å²) >= 11 is 6.04. The lowest BCUT2D eigenvalue weighted by Crippen LogP contribution is -2.22. The van der Waals surface area contributed by atoms with Gasteiger partial charge >= 0.3 is 0 Å². The Morgan fingerprint density at radius 1 is 1.34 bits per heavy atom. The van der Waals surface area contributed by atoms with Gasteiger partial charge in [0.15, 0.2) is 0 Å². The molecule has 0 saturated heterocycles. The number of nitrogens with two attached hydrogens (primary N) is 1. The van der Waals surface area contributed by atoms with Crippen molar-refractivity contribution >= 4 is 40.4 Å². The molecule has 0 saturated carbocycles. The summed E-state index contributed by atoms with van der Waals surface area (Å²) in [5.41, 5.74) is 9.22. The topological polar surface area (TPSA) is 104 Å². The van der Waals surface area contributed by atoms with Crippen LogP contribution in [-0.4, -0.2) is 29.8 Å². The van der Waals surface area contributed by atoms with Crippen molar-refractivity contribution in [2.24, 2.45) is 10.7 Å². The Morgan fingerprint density at radius 2 is 2.17 bits per heavy atom. The molecule has 0 aliphatic carbocycles. The molecule has 0 bridgehead atoms. The number of nitrogens with zero attached hydrogens (tertiary/aromatic N) is 2. The van der Waals surface area contributed by atoms with Crippen molar-refractivity contribution in [1.29, 1.82) is 0 Å². The lowest BCUT2D eigenvalue weighted by atomic mass is 10.1. The average molecular weight is 413 g/mol. The van der Waals surface area contributed by atoms with E-state index < -0.39 is 0 Å². The van der Waals surface area contributed by atoms with Crippen LogP contribution >= 0.6 is 11.6 Å². The van der Waals surface area contributed by atoms with Crippen molar-refractivity contribution in [3.05, 3.63) is 72.2 Å². The van der Waals surface area contributed by atoms with E-state index in [-0.39, 0.29) is 5.91 Å². The molecule has 0 aliphatic heterocycles. The highest BCUT2D eigenvalue weighted by molar-refractivity contribution is 6.31. The first-order valence-corrected chi connectivity index (χ1v) is 9.48. The first-order chi connectivity index (χ1) is 14.0. The molecule has 2 aromatic rings. The minimum Gasteiger partial charge on any atom is -0.398 e. The number of hydrogen-bond acceptors (Lipinski definition) is 5. The molecule has 0 atom stereocenters. The monoisotopic (exact) mass is 412 g/mol. The van der Waals surface area contributed by atoms with Crippen LogP contribution in [0.2, 0.25) is 5.02 Å². The molecule has 5 N–H and O–H groups in total. The molecule has 0 radical (unpaired) electrons. The number of amidine groups is 1. The van der Waals surface area contributed by atoms with Crippen LogP contribution in [0.1, 0.15) is 18.9 Å². The maximum Gasteiger partial charge on any atom is 0.216 e. The lowest BCUT2D eigenvalue weighted by Gasteiger charge is -2.13. The first kappa shape index (κ1) is 22.0. The molecule has 0 spiro atoms. The predicted octanol–water partition coefficient (Wildman–Crippen LogP) is 3.63. The van der Waals surface area contributed by atoms with Crippen molar-refractivity contribution in [3.63, 3.8) is 0 Å². The zero-order valence-corrected chi connectivity index (χ0v) is 17.0. The number of carbonyl (C=O) groups is 1. The molecule has 2 rings (SSSR count). The summed E-state index contributed by atoms with van der Waals surface area (Å²) in [6, 6.07) is 9.13. The third-order valence-corrected chi connectivity index (χ3v) is 4.03. The van der Waals surface area contributed by atoms with Crippen molar-refractivity contribution in [3.8, 4) is 0 Å². The molecule has 7 nitrogen and oxygen atoms in total. The van der Waals surface area contributed by atoms with Crippen LogP contribution < -0.4 is 21.7 Å². The van der Waals surface area contributed by atoms with Crippen LogP contribution in [0.15, 0.2) is 66.6 Å². The molecule has 1 aromatic carbocycles. The Balaban J connectivity index is 2.12. The van der Waals surface area contributed by atoms with Crippen molar-refractivity contribution in [2.75, 3.05) is 23.7 Å². The fourth-order valence-corrected chi connectivity index (χ4v) is 2.70. The highest BCUT2D eigenvalue weighted by Gasteiger charge is 2.07. The van der Waals surface area contributed by atoms with Crippen LogP contribution in [0.4, 0.5) is 11.4 Å². The minimum absolute atomic E-state index is 0.0412. The van der Waals surface area contributed by atoms with Gasteiger partial charge in [0, 0.05) is 60.5 Å². The predicted molar refractivity (Wildman–Crippen MR) is 121 cm³/mol. The third-order valence-electron chi connectivity index (χ3n) is 3.79. The van der Waals surface area contributed by atoms with Gasteiger partial charge < -0.3 is 21.7 Å². The van der Waals surface area contributed by atoms with Gasteiger partial charge in [-0.15, -0.1) is 0 Å². The number of aliphatic imine (C=N–C) groups is 1. The molecule has 8 heteroatoms.